The number of aliphatic hydroxyl groups is 2. The van der Waals surface area contributed by atoms with Gasteiger partial charge in [0.2, 0.25) is 0 Å². The van der Waals surface area contributed by atoms with Crippen LogP contribution >= 0.6 is 0 Å². The van der Waals surface area contributed by atoms with Crippen LogP contribution in [-0.2, 0) is 4.74 Å². The lowest BCUT2D eigenvalue weighted by molar-refractivity contribution is -0.0596. The topological polar surface area (TPSA) is 49.7 Å². The second-order valence-electron chi connectivity index (χ2n) is 3.37. The molecule has 66 valence electrons. The fourth-order valence-corrected chi connectivity index (χ4v) is 1.69. The molecule has 2 N–H and O–H groups in total. The lowest BCUT2D eigenvalue weighted by Crippen LogP contribution is -2.33. The predicted octanol–water partition coefficient (Wildman–Crippen LogP) is 0.153. The zero-order valence-corrected chi connectivity index (χ0v) is 7.03. The standard InChI is InChI=1S/C8H16O3/c1-5-3-6(2)11-8(5)7(10)4-9/h5-10H,3-4H2,1-2H3/t5?,6?,7?,8-/m0/s1. The van der Waals surface area contributed by atoms with Crippen molar-refractivity contribution in [3.63, 3.8) is 0 Å². The molecule has 1 aliphatic heterocycles. The Morgan fingerprint density at radius 2 is 2.18 bits per heavy atom. The number of hydrogen-bond donors (Lipinski definition) is 2. The van der Waals surface area contributed by atoms with Gasteiger partial charge < -0.3 is 14.9 Å². The summed E-state index contributed by atoms with van der Waals surface area (Å²) in [6, 6.07) is 0. The third-order valence-corrected chi connectivity index (χ3v) is 2.22. The van der Waals surface area contributed by atoms with Crippen molar-refractivity contribution in [2.24, 2.45) is 5.92 Å². The van der Waals surface area contributed by atoms with Crippen LogP contribution in [-0.4, -0.2) is 35.1 Å². The summed E-state index contributed by atoms with van der Waals surface area (Å²) in [5.41, 5.74) is 0. The second-order valence-corrected chi connectivity index (χ2v) is 3.37. The van der Waals surface area contributed by atoms with Crippen LogP contribution in [0.4, 0.5) is 0 Å². The van der Waals surface area contributed by atoms with E-state index in [4.69, 9.17) is 9.84 Å². The fourth-order valence-electron chi connectivity index (χ4n) is 1.69. The first-order valence-corrected chi connectivity index (χ1v) is 4.09. The minimum atomic E-state index is -0.713. The first kappa shape index (κ1) is 8.97. The molecule has 1 rings (SSSR count). The maximum absolute atomic E-state index is 9.27. The molecule has 0 aliphatic carbocycles. The molecular formula is C8H16O3. The Bertz CT molecular complexity index is 123. The quantitative estimate of drug-likeness (QED) is 0.604. The molecule has 0 amide bonds. The van der Waals surface area contributed by atoms with Gasteiger partial charge in [-0.05, 0) is 19.3 Å². The Balaban J connectivity index is 2.45. The third kappa shape index (κ3) is 1.92. The lowest BCUT2D eigenvalue weighted by Gasteiger charge is -2.19. The van der Waals surface area contributed by atoms with Gasteiger partial charge in [0, 0.05) is 0 Å². The molecule has 3 heteroatoms. The van der Waals surface area contributed by atoms with Gasteiger partial charge in [-0.3, -0.25) is 0 Å². The van der Waals surface area contributed by atoms with Crippen molar-refractivity contribution in [3.8, 4) is 0 Å². The van der Waals surface area contributed by atoms with Crippen molar-refractivity contribution >= 4 is 0 Å². The molecule has 1 heterocycles. The van der Waals surface area contributed by atoms with Gasteiger partial charge in [0.05, 0.1) is 18.8 Å². The molecular weight excluding hydrogens is 144 g/mol. The van der Waals surface area contributed by atoms with Crippen LogP contribution in [0.3, 0.4) is 0 Å². The number of rotatable bonds is 2. The van der Waals surface area contributed by atoms with E-state index >= 15 is 0 Å². The highest BCUT2D eigenvalue weighted by atomic mass is 16.5. The molecule has 3 unspecified atom stereocenters. The van der Waals surface area contributed by atoms with Gasteiger partial charge in [-0.25, -0.2) is 0 Å². The van der Waals surface area contributed by atoms with E-state index in [2.05, 4.69) is 0 Å². The molecule has 0 spiro atoms. The average molecular weight is 160 g/mol. The number of aliphatic hydroxyl groups excluding tert-OH is 2. The van der Waals surface area contributed by atoms with E-state index in [9.17, 15) is 5.11 Å². The van der Waals surface area contributed by atoms with Crippen molar-refractivity contribution in [3.05, 3.63) is 0 Å². The summed E-state index contributed by atoms with van der Waals surface area (Å²) in [5, 5.41) is 17.9. The van der Waals surface area contributed by atoms with Crippen LogP contribution in [0, 0.1) is 5.92 Å². The van der Waals surface area contributed by atoms with Gasteiger partial charge in [-0.1, -0.05) is 6.92 Å². The molecule has 0 saturated carbocycles. The molecule has 0 aromatic carbocycles. The van der Waals surface area contributed by atoms with Crippen LogP contribution in [0.25, 0.3) is 0 Å². The molecule has 11 heavy (non-hydrogen) atoms. The first-order valence-electron chi connectivity index (χ1n) is 4.09. The highest BCUT2D eigenvalue weighted by Crippen LogP contribution is 2.27. The molecule has 1 aliphatic rings. The van der Waals surface area contributed by atoms with Crippen molar-refractivity contribution < 1.29 is 14.9 Å². The average Bonchev–Trinajstić information content (AvgIpc) is 2.28. The molecule has 3 nitrogen and oxygen atoms in total. The summed E-state index contributed by atoms with van der Waals surface area (Å²) in [6.07, 6.45) is 0.308. The SMILES string of the molecule is CC1CC(C)[C@@H](C(O)CO)O1. The summed E-state index contributed by atoms with van der Waals surface area (Å²) >= 11 is 0. The Kier molecular flexibility index (Phi) is 2.87. The van der Waals surface area contributed by atoms with E-state index < -0.39 is 6.10 Å². The normalized spacial score (nSPS) is 40.9. The van der Waals surface area contributed by atoms with Crippen LogP contribution in [0.1, 0.15) is 20.3 Å². The highest BCUT2D eigenvalue weighted by Gasteiger charge is 2.34. The Labute approximate surface area is 67.0 Å². The third-order valence-electron chi connectivity index (χ3n) is 2.22. The van der Waals surface area contributed by atoms with Gasteiger partial charge in [0.1, 0.15) is 6.10 Å². The van der Waals surface area contributed by atoms with E-state index in [0.29, 0.717) is 5.92 Å². The zero-order valence-electron chi connectivity index (χ0n) is 7.03. The number of ether oxygens (including phenoxy) is 1. The largest absolute Gasteiger partial charge is 0.394 e. The highest BCUT2D eigenvalue weighted by molar-refractivity contribution is 4.82. The van der Waals surface area contributed by atoms with E-state index in [0.717, 1.165) is 6.42 Å². The van der Waals surface area contributed by atoms with E-state index in [1.54, 1.807) is 0 Å². The fraction of sp³-hybridized carbons (Fsp3) is 1.00. The summed E-state index contributed by atoms with van der Waals surface area (Å²) in [6.45, 7) is 3.81. The second kappa shape index (κ2) is 3.52. The summed E-state index contributed by atoms with van der Waals surface area (Å²) in [5.74, 6) is 0.354. The number of hydrogen-bond acceptors (Lipinski definition) is 3. The van der Waals surface area contributed by atoms with Gasteiger partial charge in [-0.15, -0.1) is 0 Å². The molecule has 0 bridgehead atoms. The molecule has 1 fully saturated rings. The van der Waals surface area contributed by atoms with Crippen LogP contribution in [0.5, 0.6) is 0 Å². The monoisotopic (exact) mass is 160 g/mol. The van der Waals surface area contributed by atoms with Gasteiger partial charge >= 0.3 is 0 Å². The van der Waals surface area contributed by atoms with Crippen molar-refractivity contribution in [2.75, 3.05) is 6.61 Å². The van der Waals surface area contributed by atoms with Crippen molar-refractivity contribution in [1.82, 2.24) is 0 Å². The Morgan fingerprint density at radius 1 is 1.55 bits per heavy atom. The minimum absolute atomic E-state index is 0.171. The van der Waals surface area contributed by atoms with Crippen LogP contribution in [0.2, 0.25) is 0 Å². The molecule has 0 aromatic rings. The van der Waals surface area contributed by atoms with Crippen molar-refractivity contribution in [2.45, 2.75) is 38.6 Å². The van der Waals surface area contributed by atoms with Crippen LogP contribution < -0.4 is 0 Å². The smallest absolute Gasteiger partial charge is 0.103 e. The van der Waals surface area contributed by atoms with E-state index in [-0.39, 0.29) is 18.8 Å². The minimum Gasteiger partial charge on any atom is -0.394 e. The van der Waals surface area contributed by atoms with Crippen LogP contribution in [0.15, 0.2) is 0 Å². The van der Waals surface area contributed by atoms with E-state index in [1.807, 2.05) is 13.8 Å². The van der Waals surface area contributed by atoms with Gasteiger partial charge in [0.15, 0.2) is 0 Å². The zero-order chi connectivity index (χ0) is 8.43. The molecule has 0 aromatic heterocycles. The van der Waals surface area contributed by atoms with Gasteiger partial charge in [-0.2, -0.15) is 0 Å². The lowest BCUT2D eigenvalue weighted by atomic mass is 9.98. The molecule has 4 atom stereocenters. The Morgan fingerprint density at radius 3 is 2.55 bits per heavy atom. The molecule has 1 saturated heterocycles. The van der Waals surface area contributed by atoms with E-state index in [1.165, 1.54) is 0 Å². The summed E-state index contributed by atoms with van der Waals surface area (Å²) < 4.78 is 5.42. The summed E-state index contributed by atoms with van der Waals surface area (Å²) in [7, 11) is 0. The predicted molar refractivity (Wildman–Crippen MR) is 41.2 cm³/mol. The maximum Gasteiger partial charge on any atom is 0.103 e. The molecule has 0 radical (unpaired) electrons. The summed E-state index contributed by atoms with van der Waals surface area (Å²) in [4.78, 5) is 0. The van der Waals surface area contributed by atoms with Crippen molar-refractivity contribution in [1.29, 1.82) is 0 Å². The maximum atomic E-state index is 9.27. The Hall–Kier alpha value is -0.120. The first-order chi connectivity index (χ1) is 5.15. The van der Waals surface area contributed by atoms with Gasteiger partial charge in [0.25, 0.3) is 0 Å².